The molecule has 0 saturated carbocycles. The molecule has 24 heavy (non-hydrogen) atoms. The number of carbonyl (C=O) groups is 2. The Morgan fingerprint density at radius 2 is 1.96 bits per heavy atom. The van der Waals surface area contributed by atoms with E-state index in [4.69, 9.17) is 9.84 Å². The molecule has 1 aromatic heterocycles. The highest BCUT2D eigenvalue weighted by Crippen LogP contribution is 2.26. The number of hydrogen-bond acceptors (Lipinski definition) is 4. The molecule has 0 spiro atoms. The summed E-state index contributed by atoms with van der Waals surface area (Å²) in [6, 6.07) is 5.41. The molecule has 1 aromatic carbocycles. The molecular weight excluding hydrogens is 317 g/mol. The van der Waals surface area contributed by atoms with Gasteiger partial charge in [-0.05, 0) is 45.0 Å². The van der Waals surface area contributed by atoms with Crippen molar-refractivity contribution in [3.63, 3.8) is 0 Å². The quantitative estimate of drug-likeness (QED) is 0.898. The molecule has 1 amide bonds. The van der Waals surface area contributed by atoms with Gasteiger partial charge in [-0.3, -0.25) is 10.00 Å². The third-order valence-corrected chi connectivity index (χ3v) is 3.00. The zero-order valence-electron chi connectivity index (χ0n) is 13.8. The van der Waals surface area contributed by atoms with Crippen molar-refractivity contribution in [2.75, 3.05) is 5.32 Å². The number of carboxylic acid groups (broad SMARTS) is 1. The number of anilines is 1. The second-order valence-electron chi connectivity index (χ2n) is 6.17. The summed E-state index contributed by atoms with van der Waals surface area (Å²) >= 11 is 0. The van der Waals surface area contributed by atoms with Crippen molar-refractivity contribution in [3.05, 3.63) is 35.8 Å². The molecule has 0 aliphatic heterocycles. The van der Waals surface area contributed by atoms with E-state index in [0.29, 0.717) is 11.3 Å². The number of halogens is 1. The standard InChI is InChI=1S/C16H18FN3O4/c1-16(2,3)24-15(23)18-11-7-9(5-6-10(11)17)13-8-12(14(21)22)19-20(13)4/h5-8H,1-4H3,(H,18,23)(H,21,22). The summed E-state index contributed by atoms with van der Waals surface area (Å²) in [6.45, 7) is 5.09. The van der Waals surface area contributed by atoms with Crippen LogP contribution in [0.15, 0.2) is 24.3 Å². The highest BCUT2D eigenvalue weighted by Gasteiger charge is 2.19. The Labute approximate surface area is 138 Å². The maximum absolute atomic E-state index is 13.9. The van der Waals surface area contributed by atoms with Crippen molar-refractivity contribution < 1.29 is 23.8 Å². The van der Waals surface area contributed by atoms with Crippen LogP contribution in [0.2, 0.25) is 0 Å². The van der Waals surface area contributed by atoms with Crippen LogP contribution < -0.4 is 5.32 Å². The highest BCUT2D eigenvalue weighted by atomic mass is 19.1. The molecule has 0 atom stereocenters. The van der Waals surface area contributed by atoms with Crippen LogP contribution in [0.3, 0.4) is 0 Å². The monoisotopic (exact) mass is 335 g/mol. The fourth-order valence-electron chi connectivity index (χ4n) is 2.04. The third-order valence-electron chi connectivity index (χ3n) is 3.00. The highest BCUT2D eigenvalue weighted by molar-refractivity contribution is 5.88. The number of aromatic carboxylic acids is 1. The first kappa shape index (κ1) is 17.5. The van der Waals surface area contributed by atoms with Gasteiger partial charge < -0.3 is 9.84 Å². The number of rotatable bonds is 3. The number of hydrogen-bond donors (Lipinski definition) is 2. The summed E-state index contributed by atoms with van der Waals surface area (Å²) in [6.07, 6.45) is -0.783. The number of nitrogens with zero attached hydrogens (tertiary/aromatic N) is 2. The molecule has 1 heterocycles. The Balaban J connectivity index is 2.32. The number of nitrogens with one attached hydrogen (secondary N) is 1. The summed E-state index contributed by atoms with van der Waals surface area (Å²) in [7, 11) is 1.58. The smallest absolute Gasteiger partial charge is 0.412 e. The van der Waals surface area contributed by atoms with Crippen LogP contribution in [0.4, 0.5) is 14.9 Å². The first-order chi connectivity index (χ1) is 11.1. The van der Waals surface area contributed by atoms with Gasteiger partial charge in [0.05, 0.1) is 11.4 Å². The van der Waals surface area contributed by atoms with Gasteiger partial charge in [-0.2, -0.15) is 5.10 Å². The van der Waals surface area contributed by atoms with Crippen LogP contribution in [0.5, 0.6) is 0 Å². The van der Waals surface area contributed by atoms with Crippen molar-refractivity contribution in [2.45, 2.75) is 26.4 Å². The Morgan fingerprint density at radius 1 is 1.29 bits per heavy atom. The second-order valence-corrected chi connectivity index (χ2v) is 6.17. The lowest BCUT2D eigenvalue weighted by Gasteiger charge is -2.20. The van der Waals surface area contributed by atoms with Gasteiger partial charge in [-0.25, -0.2) is 14.0 Å². The van der Waals surface area contributed by atoms with Crippen LogP contribution in [-0.2, 0) is 11.8 Å². The largest absolute Gasteiger partial charge is 0.476 e. The van der Waals surface area contributed by atoms with E-state index in [2.05, 4.69) is 10.4 Å². The van der Waals surface area contributed by atoms with Crippen molar-refractivity contribution in [3.8, 4) is 11.3 Å². The molecule has 2 N–H and O–H groups in total. The van der Waals surface area contributed by atoms with Crippen LogP contribution in [0, 0.1) is 5.82 Å². The van der Waals surface area contributed by atoms with Gasteiger partial charge >= 0.3 is 12.1 Å². The molecule has 128 valence electrons. The molecule has 2 aromatic rings. The number of aromatic nitrogens is 2. The number of benzene rings is 1. The summed E-state index contributed by atoms with van der Waals surface area (Å²) in [4.78, 5) is 22.8. The summed E-state index contributed by atoms with van der Waals surface area (Å²) in [5.41, 5.74) is 0.0688. The van der Waals surface area contributed by atoms with Crippen LogP contribution in [0.1, 0.15) is 31.3 Å². The van der Waals surface area contributed by atoms with Crippen LogP contribution in [-0.4, -0.2) is 32.6 Å². The normalized spacial score (nSPS) is 11.2. The maximum Gasteiger partial charge on any atom is 0.412 e. The number of aryl methyl sites for hydroxylation is 1. The lowest BCUT2D eigenvalue weighted by molar-refractivity contribution is 0.0633. The van der Waals surface area contributed by atoms with Crippen LogP contribution in [0.25, 0.3) is 11.3 Å². The molecule has 0 aliphatic carbocycles. The number of carbonyl (C=O) groups excluding carboxylic acids is 1. The number of ether oxygens (including phenoxy) is 1. The zero-order valence-corrected chi connectivity index (χ0v) is 13.8. The van der Waals surface area contributed by atoms with E-state index in [0.717, 1.165) is 0 Å². The first-order valence-electron chi connectivity index (χ1n) is 7.14. The molecule has 0 unspecified atom stereocenters. The average Bonchev–Trinajstić information content (AvgIpc) is 2.81. The topological polar surface area (TPSA) is 93.5 Å². The van der Waals surface area contributed by atoms with E-state index in [1.807, 2.05) is 0 Å². The van der Waals surface area contributed by atoms with Gasteiger partial charge in [0.2, 0.25) is 0 Å². The van der Waals surface area contributed by atoms with E-state index in [-0.39, 0.29) is 11.4 Å². The molecule has 0 aliphatic rings. The van der Waals surface area contributed by atoms with E-state index >= 15 is 0 Å². The van der Waals surface area contributed by atoms with E-state index in [9.17, 15) is 14.0 Å². The molecule has 2 rings (SSSR count). The minimum atomic E-state index is -1.16. The second kappa shape index (κ2) is 6.31. The molecule has 7 nitrogen and oxygen atoms in total. The van der Waals surface area contributed by atoms with Gasteiger partial charge in [-0.1, -0.05) is 0 Å². The fourth-order valence-corrected chi connectivity index (χ4v) is 2.04. The van der Waals surface area contributed by atoms with Gasteiger partial charge in [0.15, 0.2) is 5.69 Å². The van der Waals surface area contributed by atoms with E-state index in [1.54, 1.807) is 27.8 Å². The van der Waals surface area contributed by atoms with Crippen LogP contribution >= 0.6 is 0 Å². The molecule has 0 saturated heterocycles. The fraction of sp³-hybridized carbons (Fsp3) is 0.312. The van der Waals surface area contributed by atoms with Gasteiger partial charge in [0, 0.05) is 12.6 Å². The predicted molar refractivity (Wildman–Crippen MR) is 85.4 cm³/mol. The van der Waals surface area contributed by atoms with Gasteiger partial charge in [-0.15, -0.1) is 0 Å². The van der Waals surface area contributed by atoms with Crippen molar-refractivity contribution in [1.82, 2.24) is 9.78 Å². The van der Waals surface area contributed by atoms with Crippen molar-refractivity contribution in [2.24, 2.45) is 7.05 Å². The molecule has 0 radical (unpaired) electrons. The molecule has 8 heteroatoms. The predicted octanol–water partition coefficient (Wildman–Crippen LogP) is 3.27. The Bertz CT molecular complexity index is 793. The van der Waals surface area contributed by atoms with E-state index in [1.165, 1.54) is 28.9 Å². The molecule has 0 bridgehead atoms. The minimum absolute atomic E-state index is 0.0696. The number of amides is 1. The number of carboxylic acids is 1. The summed E-state index contributed by atoms with van der Waals surface area (Å²) in [5.74, 6) is -1.80. The summed E-state index contributed by atoms with van der Waals surface area (Å²) < 4.78 is 20.4. The van der Waals surface area contributed by atoms with Crippen molar-refractivity contribution in [1.29, 1.82) is 0 Å². The van der Waals surface area contributed by atoms with E-state index < -0.39 is 23.5 Å². The average molecular weight is 335 g/mol. The molecular formula is C16H18FN3O4. The van der Waals surface area contributed by atoms with Gasteiger partial charge in [0.1, 0.15) is 11.4 Å². The Morgan fingerprint density at radius 3 is 2.50 bits per heavy atom. The molecule has 0 fully saturated rings. The zero-order chi connectivity index (χ0) is 18.1. The first-order valence-corrected chi connectivity index (χ1v) is 7.14. The minimum Gasteiger partial charge on any atom is -0.476 e. The summed E-state index contributed by atoms with van der Waals surface area (Å²) in [5, 5.41) is 15.2. The lowest BCUT2D eigenvalue weighted by Crippen LogP contribution is -2.27. The lowest BCUT2D eigenvalue weighted by atomic mass is 10.1. The van der Waals surface area contributed by atoms with Gasteiger partial charge in [0.25, 0.3) is 0 Å². The Hall–Kier alpha value is -2.90. The Kier molecular flexibility index (Phi) is 4.59. The SMILES string of the molecule is Cn1nc(C(=O)O)cc1-c1ccc(F)c(NC(=O)OC(C)(C)C)c1. The van der Waals surface area contributed by atoms with Crippen molar-refractivity contribution >= 4 is 17.7 Å². The maximum atomic E-state index is 13.9. The third kappa shape index (κ3) is 4.09.